The van der Waals surface area contributed by atoms with Gasteiger partial charge in [-0.15, -0.1) is 0 Å². The molecule has 0 amide bonds. The molecule has 16 heavy (non-hydrogen) atoms. The minimum atomic E-state index is 0.214. The fourth-order valence-corrected chi connectivity index (χ4v) is 1.85. The van der Waals surface area contributed by atoms with Gasteiger partial charge in [0, 0.05) is 6.54 Å². The van der Waals surface area contributed by atoms with Crippen LogP contribution in [0.15, 0.2) is 51.6 Å². The smallest absolute Gasteiger partial charge is 0.169 e. The molecule has 1 N–H and O–H groups in total. The maximum atomic E-state index is 5.49. The molecule has 0 aliphatic carbocycles. The van der Waals surface area contributed by atoms with E-state index in [0.29, 0.717) is 0 Å². The first-order valence-electron chi connectivity index (χ1n) is 5.28. The third-order valence-electron chi connectivity index (χ3n) is 2.48. The van der Waals surface area contributed by atoms with E-state index in [-0.39, 0.29) is 6.04 Å². The Morgan fingerprint density at radius 1 is 1.19 bits per heavy atom. The summed E-state index contributed by atoms with van der Waals surface area (Å²) in [5, 5.41) is 3.41. The van der Waals surface area contributed by atoms with Gasteiger partial charge >= 0.3 is 0 Å². The van der Waals surface area contributed by atoms with Crippen molar-refractivity contribution in [2.45, 2.75) is 19.5 Å². The van der Waals surface area contributed by atoms with E-state index >= 15 is 0 Å². The van der Waals surface area contributed by atoms with Gasteiger partial charge in [-0.05, 0) is 40.5 Å². The summed E-state index contributed by atoms with van der Waals surface area (Å²) >= 11 is 3.30. The van der Waals surface area contributed by atoms with E-state index in [0.717, 1.165) is 17.0 Å². The van der Waals surface area contributed by atoms with Crippen LogP contribution in [-0.4, -0.2) is 0 Å². The zero-order valence-corrected chi connectivity index (χ0v) is 10.7. The van der Waals surface area contributed by atoms with Crippen molar-refractivity contribution in [3.8, 4) is 0 Å². The van der Waals surface area contributed by atoms with E-state index in [2.05, 4.69) is 40.3 Å². The second-order valence-electron chi connectivity index (χ2n) is 3.73. The summed E-state index contributed by atoms with van der Waals surface area (Å²) in [6.45, 7) is 2.94. The molecule has 0 aliphatic heterocycles. The number of rotatable bonds is 4. The molecule has 1 aromatic heterocycles. The van der Waals surface area contributed by atoms with Gasteiger partial charge in [0.2, 0.25) is 0 Å². The van der Waals surface area contributed by atoms with Crippen LogP contribution >= 0.6 is 15.9 Å². The molecule has 0 aliphatic rings. The summed E-state index contributed by atoms with van der Waals surface area (Å²) in [5.74, 6) is 0.947. The maximum Gasteiger partial charge on any atom is 0.169 e. The van der Waals surface area contributed by atoms with Crippen LogP contribution < -0.4 is 5.32 Å². The molecule has 2 nitrogen and oxygen atoms in total. The Kier molecular flexibility index (Phi) is 3.80. The summed E-state index contributed by atoms with van der Waals surface area (Å²) in [6.07, 6.45) is 0. The van der Waals surface area contributed by atoms with Crippen LogP contribution in [-0.2, 0) is 6.54 Å². The average molecular weight is 280 g/mol. The molecule has 0 radical (unpaired) electrons. The molecule has 0 fully saturated rings. The van der Waals surface area contributed by atoms with E-state index in [4.69, 9.17) is 4.42 Å². The predicted molar refractivity (Wildman–Crippen MR) is 68.1 cm³/mol. The van der Waals surface area contributed by atoms with Crippen molar-refractivity contribution in [3.05, 3.63) is 58.5 Å². The predicted octanol–water partition coefficient (Wildman–Crippen LogP) is 3.89. The number of hydrogen-bond acceptors (Lipinski definition) is 2. The summed E-state index contributed by atoms with van der Waals surface area (Å²) in [6, 6.07) is 14.4. The van der Waals surface area contributed by atoms with Gasteiger partial charge in [0.1, 0.15) is 5.76 Å². The molecule has 2 aromatic rings. The Morgan fingerprint density at radius 3 is 2.56 bits per heavy atom. The lowest BCUT2D eigenvalue weighted by atomic mass is 10.2. The fraction of sp³-hybridized carbons (Fsp3) is 0.231. The van der Waals surface area contributed by atoms with Crippen molar-refractivity contribution in [1.29, 1.82) is 0 Å². The van der Waals surface area contributed by atoms with Crippen LogP contribution in [0.25, 0.3) is 0 Å². The Labute approximate surface area is 104 Å². The van der Waals surface area contributed by atoms with Gasteiger partial charge in [-0.25, -0.2) is 0 Å². The van der Waals surface area contributed by atoms with Crippen molar-refractivity contribution >= 4 is 15.9 Å². The van der Waals surface area contributed by atoms with E-state index in [1.54, 1.807) is 0 Å². The summed E-state index contributed by atoms with van der Waals surface area (Å²) in [4.78, 5) is 0. The number of furan rings is 1. The largest absolute Gasteiger partial charge is 0.453 e. The van der Waals surface area contributed by atoms with E-state index in [1.165, 1.54) is 5.56 Å². The summed E-state index contributed by atoms with van der Waals surface area (Å²) < 4.78 is 6.26. The first kappa shape index (κ1) is 11.4. The lowest BCUT2D eigenvalue weighted by Gasteiger charge is -2.11. The zero-order valence-electron chi connectivity index (χ0n) is 9.11. The Morgan fingerprint density at radius 2 is 1.94 bits per heavy atom. The summed E-state index contributed by atoms with van der Waals surface area (Å²) in [5.41, 5.74) is 1.28. The van der Waals surface area contributed by atoms with E-state index < -0.39 is 0 Å². The first-order valence-corrected chi connectivity index (χ1v) is 6.07. The highest BCUT2D eigenvalue weighted by molar-refractivity contribution is 9.10. The Hall–Kier alpha value is -1.06. The molecule has 1 heterocycles. The van der Waals surface area contributed by atoms with Gasteiger partial charge < -0.3 is 9.73 Å². The Bertz CT molecular complexity index is 438. The molecule has 1 aromatic carbocycles. The number of benzene rings is 1. The molecule has 0 saturated carbocycles. The highest BCUT2D eigenvalue weighted by Crippen LogP contribution is 2.20. The average Bonchev–Trinajstić information content (AvgIpc) is 2.74. The van der Waals surface area contributed by atoms with Crippen LogP contribution in [0.2, 0.25) is 0 Å². The first-order chi connectivity index (χ1) is 7.75. The van der Waals surface area contributed by atoms with Crippen LogP contribution in [0.4, 0.5) is 0 Å². The Balaban J connectivity index is 1.91. The number of hydrogen-bond donors (Lipinski definition) is 1. The second kappa shape index (κ2) is 5.32. The van der Waals surface area contributed by atoms with Crippen LogP contribution in [0.3, 0.4) is 0 Å². The maximum absolute atomic E-state index is 5.49. The van der Waals surface area contributed by atoms with Gasteiger partial charge in [0.25, 0.3) is 0 Å². The van der Waals surface area contributed by atoms with Gasteiger partial charge in [-0.3, -0.25) is 0 Å². The second-order valence-corrected chi connectivity index (χ2v) is 4.51. The molecule has 1 atom stereocenters. The fourth-order valence-electron chi connectivity index (χ4n) is 1.53. The van der Waals surface area contributed by atoms with Gasteiger partial charge in [0.05, 0.1) is 6.04 Å². The number of halogens is 1. The van der Waals surface area contributed by atoms with Crippen molar-refractivity contribution in [3.63, 3.8) is 0 Å². The molecule has 0 spiro atoms. The molecular formula is C13H14BrNO. The van der Waals surface area contributed by atoms with Crippen LogP contribution in [0, 0.1) is 0 Å². The molecule has 84 valence electrons. The third-order valence-corrected chi connectivity index (χ3v) is 2.90. The molecule has 2 rings (SSSR count). The zero-order chi connectivity index (χ0) is 11.4. The van der Waals surface area contributed by atoms with Gasteiger partial charge in [-0.2, -0.15) is 0 Å². The lowest BCUT2D eigenvalue weighted by molar-refractivity contribution is 0.418. The van der Waals surface area contributed by atoms with Crippen molar-refractivity contribution in [1.82, 2.24) is 5.32 Å². The molecule has 1 unspecified atom stereocenters. The van der Waals surface area contributed by atoms with Gasteiger partial charge in [-0.1, -0.05) is 30.3 Å². The van der Waals surface area contributed by atoms with Crippen LogP contribution in [0.1, 0.15) is 24.3 Å². The minimum absolute atomic E-state index is 0.214. The highest BCUT2D eigenvalue weighted by atomic mass is 79.9. The quantitative estimate of drug-likeness (QED) is 0.919. The topological polar surface area (TPSA) is 25.2 Å². The SMILES string of the molecule is CC(NCc1ccccc1)c1ccc(Br)o1. The summed E-state index contributed by atoms with van der Waals surface area (Å²) in [7, 11) is 0. The van der Waals surface area contributed by atoms with Gasteiger partial charge in [0.15, 0.2) is 4.67 Å². The van der Waals surface area contributed by atoms with Crippen LogP contribution in [0.5, 0.6) is 0 Å². The minimum Gasteiger partial charge on any atom is -0.453 e. The third kappa shape index (κ3) is 2.97. The van der Waals surface area contributed by atoms with E-state index in [1.807, 2.05) is 30.3 Å². The van der Waals surface area contributed by atoms with Crippen molar-refractivity contribution in [2.75, 3.05) is 0 Å². The number of nitrogens with one attached hydrogen (secondary N) is 1. The van der Waals surface area contributed by atoms with Crippen molar-refractivity contribution < 1.29 is 4.42 Å². The standard InChI is InChI=1S/C13H14BrNO/c1-10(12-7-8-13(14)16-12)15-9-11-5-3-2-4-6-11/h2-8,10,15H,9H2,1H3. The monoisotopic (exact) mass is 279 g/mol. The van der Waals surface area contributed by atoms with E-state index in [9.17, 15) is 0 Å². The lowest BCUT2D eigenvalue weighted by Crippen LogP contribution is -2.17. The molecule has 3 heteroatoms. The molecular weight excluding hydrogens is 266 g/mol. The van der Waals surface area contributed by atoms with Crippen molar-refractivity contribution in [2.24, 2.45) is 0 Å². The normalized spacial score (nSPS) is 12.6. The molecule has 0 bridgehead atoms. The molecule has 0 saturated heterocycles. The highest BCUT2D eigenvalue weighted by Gasteiger charge is 2.08.